The summed E-state index contributed by atoms with van der Waals surface area (Å²) in [6.07, 6.45) is 0. The minimum absolute atomic E-state index is 0.142. The van der Waals surface area contributed by atoms with Gasteiger partial charge in [-0.3, -0.25) is 4.79 Å². The molecule has 3 rings (SSSR count). The number of nitrogens with one attached hydrogen (secondary N) is 1. The minimum Gasteiger partial charge on any atom is -0.412 e. The lowest BCUT2D eigenvalue weighted by Crippen LogP contribution is -2.23. The quantitative estimate of drug-likeness (QED) is 0.795. The maximum atomic E-state index is 12.8. The molecule has 0 fully saturated rings. The summed E-state index contributed by atoms with van der Waals surface area (Å²) in [7, 11) is 0. The third kappa shape index (κ3) is 3.73. The largest absolute Gasteiger partial charge is 0.412 e. The molecule has 0 spiro atoms. The smallest absolute Gasteiger partial charge is 0.309 e. The zero-order valence-corrected chi connectivity index (χ0v) is 12.5. The summed E-state index contributed by atoms with van der Waals surface area (Å²) < 4.78 is 18.2. The number of aromatic nitrogens is 2. The third-order valence-electron chi connectivity index (χ3n) is 3.08. The normalized spacial score (nSPS) is 10.5. The number of amides is 1. The highest BCUT2D eigenvalue weighted by atomic mass is 35.5. The van der Waals surface area contributed by atoms with Crippen LogP contribution in [0.1, 0.15) is 16.2 Å². The highest BCUT2D eigenvalue weighted by Gasteiger charge is 2.15. The molecule has 1 heterocycles. The van der Waals surface area contributed by atoms with Crippen molar-refractivity contribution in [2.24, 2.45) is 0 Å². The van der Waals surface area contributed by atoms with E-state index in [1.54, 1.807) is 36.4 Å². The number of halogens is 2. The maximum Gasteiger partial charge on any atom is 0.309 e. The Balaban J connectivity index is 1.66. The second-order valence-corrected chi connectivity index (χ2v) is 5.16. The molecule has 0 aliphatic carbocycles. The average Bonchev–Trinajstić information content (AvgIpc) is 3.05. The lowest BCUT2D eigenvalue weighted by Gasteiger charge is -2.02. The first-order valence-electron chi connectivity index (χ1n) is 6.74. The topological polar surface area (TPSA) is 68.0 Å². The van der Waals surface area contributed by atoms with Crippen molar-refractivity contribution in [1.82, 2.24) is 15.5 Å². The zero-order chi connectivity index (χ0) is 16.2. The molecule has 7 heteroatoms. The Bertz CT molecular complexity index is 816. The van der Waals surface area contributed by atoms with E-state index in [0.717, 1.165) is 5.56 Å². The molecule has 0 bridgehead atoms. The van der Waals surface area contributed by atoms with Gasteiger partial charge in [-0.15, -0.1) is 10.2 Å². The number of carbonyl (C=O) groups is 1. The van der Waals surface area contributed by atoms with Gasteiger partial charge in [0.15, 0.2) is 0 Å². The van der Waals surface area contributed by atoms with Crippen molar-refractivity contribution in [3.05, 3.63) is 70.8 Å². The van der Waals surface area contributed by atoms with Crippen molar-refractivity contribution >= 4 is 17.5 Å². The highest BCUT2D eigenvalue weighted by Crippen LogP contribution is 2.20. The van der Waals surface area contributed by atoms with E-state index in [2.05, 4.69) is 15.5 Å². The Labute approximate surface area is 136 Å². The van der Waals surface area contributed by atoms with E-state index in [1.165, 1.54) is 12.1 Å². The third-order valence-corrected chi connectivity index (χ3v) is 3.33. The van der Waals surface area contributed by atoms with Gasteiger partial charge in [0.2, 0.25) is 5.89 Å². The molecule has 2 aromatic carbocycles. The molecule has 1 amide bonds. The maximum absolute atomic E-state index is 12.8. The predicted octanol–water partition coefficient (Wildman–Crippen LogP) is 3.46. The van der Waals surface area contributed by atoms with E-state index < -0.39 is 5.91 Å². The Morgan fingerprint density at radius 1 is 1.09 bits per heavy atom. The number of hydrogen-bond donors (Lipinski definition) is 1. The summed E-state index contributed by atoms with van der Waals surface area (Å²) in [6.45, 7) is 0.234. The van der Waals surface area contributed by atoms with Crippen LogP contribution < -0.4 is 5.32 Å². The van der Waals surface area contributed by atoms with E-state index in [0.29, 0.717) is 10.6 Å². The Kier molecular flexibility index (Phi) is 4.34. The lowest BCUT2D eigenvalue weighted by atomic mass is 10.2. The standard InChI is InChI=1S/C16H11ClFN3O2/c17-12-5-3-11(4-6-12)15-20-21-16(23-15)14(22)19-9-10-1-7-13(18)8-2-10/h1-8H,9H2,(H,19,22). The summed E-state index contributed by atoms with van der Waals surface area (Å²) in [5.41, 5.74) is 1.43. The fourth-order valence-corrected chi connectivity index (χ4v) is 2.01. The summed E-state index contributed by atoms with van der Waals surface area (Å²) in [5.74, 6) is -0.739. The molecule has 3 aromatic rings. The predicted molar refractivity (Wildman–Crippen MR) is 82.3 cm³/mol. The van der Waals surface area contributed by atoms with E-state index >= 15 is 0 Å². The first kappa shape index (κ1) is 15.2. The van der Waals surface area contributed by atoms with Crippen LogP contribution in [0, 0.1) is 5.82 Å². The molecule has 0 radical (unpaired) electrons. The fourth-order valence-electron chi connectivity index (χ4n) is 1.88. The first-order valence-corrected chi connectivity index (χ1v) is 7.12. The average molecular weight is 332 g/mol. The van der Waals surface area contributed by atoms with Crippen LogP contribution in [-0.4, -0.2) is 16.1 Å². The van der Waals surface area contributed by atoms with Crippen LogP contribution in [0.5, 0.6) is 0 Å². The highest BCUT2D eigenvalue weighted by molar-refractivity contribution is 6.30. The van der Waals surface area contributed by atoms with Crippen molar-refractivity contribution in [3.8, 4) is 11.5 Å². The first-order chi connectivity index (χ1) is 11.1. The van der Waals surface area contributed by atoms with Gasteiger partial charge in [0.1, 0.15) is 5.82 Å². The van der Waals surface area contributed by atoms with Crippen LogP contribution in [0.4, 0.5) is 4.39 Å². The zero-order valence-electron chi connectivity index (χ0n) is 11.8. The van der Waals surface area contributed by atoms with Crippen LogP contribution in [0.15, 0.2) is 52.9 Å². The van der Waals surface area contributed by atoms with Gasteiger partial charge < -0.3 is 9.73 Å². The molecule has 0 aliphatic rings. The SMILES string of the molecule is O=C(NCc1ccc(F)cc1)c1nnc(-c2ccc(Cl)cc2)o1. The number of benzene rings is 2. The Morgan fingerprint density at radius 2 is 1.78 bits per heavy atom. The Hall–Kier alpha value is -2.73. The van der Waals surface area contributed by atoms with E-state index in [1.807, 2.05) is 0 Å². The number of hydrogen-bond acceptors (Lipinski definition) is 4. The van der Waals surface area contributed by atoms with Gasteiger partial charge in [-0.1, -0.05) is 23.7 Å². The van der Waals surface area contributed by atoms with Crippen LogP contribution >= 0.6 is 11.6 Å². The second kappa shape index (κ2) is 6.58. The summed E-state index contributed by atoms with van der Waals surface area (Å²) in [6, 6.07) is 12.6. The van der Waals surface area contributed by atoms with Crippen LogP contribution in [0.25, 0.3) is 11.5 Å². The van der Waals surface area contributed by atoms with Crippen LogP contribution in [0.3, 0.4) is 0 Å². The number of rotatable bonds is 4. The molecule has 116 valence electrons. The van der Waals surface area contributed by atoms with E-state index in [-0.39, 0.29) is 24.1 Å². The van der Waals surface area contributed by atoms with Gasteiger partial charge in [0.05, 0.1) is 0 Å². The van der Waals surface area contributed by atoms with Crippen LogP contribution in [0.2, 0.25) is 5.02 Å². The molecule has 0 saturated heterocycles. The molecule has 0 unspecified atom stereocenters. The molecular weight excluding hydrogens is 321 g/mol. The number of carbonyl (C=O) groups excluding carboxylic acids is 1. The van der Waals surface area contributed by atoms with Gasteiger partial charge in [-0.25, -0.2) is 4.39 Å². The van der Waals surface area contributed by atoms with Crippen molar-refractivity contribution in [2.45, 2.75) is 6.54 Å². The molecular formula is C16H11ClFN3O2. The molecule has 5 nitrogen and oxygen atoms in total. The fraction of sp³-hybridized carbons (Fsp3) is 0.0625. The summed E-state index contributed by atoms with van der Waals surface area (Å²) >= 11 is 5.81. The van der Waals surface area contributed by atoms with Crippen molar-refractivity contribution in [2.75, 3.05) is 0 Å². The number of nitrogens with zero attached hydrogens (tertiary/aromatic N) is 2. The molecule has 23 heavy (non-hydrogen) atoms. The molecule has 0 atom stereocenters. The van der Waals surface area contributed by atoms with Gasteiger partial charge in [-0.2, -0.15) is 0 Å². The van der Waals surface area contributed by atoms with Gasteiger partial charge in [0, 0.05) is 17.1 Å². The van der Waals surface area contributed by atoms with Gasteiger partial charge >= 0.3 is 11.8 Å². The molecule has 0 saturated carbocycles. The van der Waals surface area contributed by atoms with E-state index in [9.17, 15) is 9.18 Å². The second-order valence-electron chi connectivity index (χ2n) is 4.73. The van der Waals surface area contributed by atoms with E-state index in [4.69, 9.17) is 16.0 Å². The molecule has 0 aliphatic heterocycles. The molecule has 1 N–H and O–H groups in total. The van der Waals surface area contributed by atoms with Crippen molar-refractivity contribution in [1.29, 1.82) is 0 Å². The van der Waals surface area contributed by atoms with Crippen LogP contribution in [-0.2, 0) is 6.54 Å². The Morgan fingerprint density at radius 3 is 2.48 bits per heavy atom. The lowest BCUT2D eigenvalue weighted by molar-refractivity contribution is 0.0917. The minimum atomic E-state index is -0.498. The van der Waals surface area contributed by atoms with Gasteiger partial charge in [0.25, 0.3) is 0 Å². The summed E-state index contributed by atoms with van der Waals surface area (Å²) in [4.78, 5) is 12.0. The van der Waals surface area contributed by atoms with Gasteiger partial charge in [-0.05, 0) is 42.0 Å². The summed E-state index contributed by atoms with van der Waals surface area (Å²) in [5, 5.41) is 10.8. The molecule has 1 aromatic heterocycles. The van der Waals surface area contributed by atoms with Crippen molar-refractivity contribution < 1.29 is 13.6 Å². The monoisotopic (exact) mass is 331 g/mol. The van der Waals surface area contributed by atoms with Crippen molar-refractivity contribution in [3.63, 3.8) is 0 Å².